The number of amidine groups is 1. The highest BCUT2D eigenvalue weighted by Crippen LogP contribution is 2.32. The van der Waals surface area contributed by atoms with E-state index in [1.54, 1.807) is 43.5 Å². The molecule has 13 heteroatoms. The second kappa shape index (κ2) is 11.3. The zero-order valence-corrected chi connectivity index (χ0v) is 21.6. The van der Waals surface area contributed by atoms with Crippen LogP contribution in [0.15, 0.2) is 63.1 Å². The first-order chi connectivity index (χ1) is 18.1. The maximum Gasteiger partial charge on any atom is 0.328 e. The van der Waals surface area contributed by atoms with Crippen molar-refractivity contribution in [2.24, 2.45) is 4.99 Å². The fourth-order valence-corrected chi connectivity index (χ4v) is 4.77. The summed E-state index contributed by atoms with van der Waals surface area (Å²) in [6.07, 6.45) is -0.117. The Labute approximate surface area is 221 Å². The molecule has 198 valence electrons. The summed E-state index contributed by atoms with van der Waals surface area (Å²) in [6.45, 7) is 0. The van der Waals surface area contributed by atoms with Crippen LogP contribution in [0.5, 0.6) is 11.6 Å². The van der Waals surface area contributed by atoms with Crippen molar-refractivity contribution in [3.8, 4) is 11.6 Å². The van der Waals surface area contributed by atoms with Crippen molar-refractivity contribution in [3.05, 3.63) is 80.5 Å². The van der Waals surface area contributed by atoms with Crippen LogP contribution in [-0.2, 0) is 9.59 Å². The van der Waals surface area contributed by atoms with Gasteiger partial charge in [-0.15, -0.1) is 0 Å². The molecule has 0 bridgehead atoms. The highest BCUT2D eigenvalue weighted by atomic mass is 32.2. The molecule has 0 aliphatic carbocycles. The standard InChI is InChI=1S/C25H26N6O6S/c1-31(2)15-8-4-13(5-9-15)20(19-22(34)28-24(36)29-23(19)35)27-25-30-21(33)17(38-25)12-18(32)26-14-6-10-16(37-3)11-7-14/h4-11,17,20H,12H2,1-3H3,(H,26,32)(H,27,30,33)(H3,28,29,34,35,36). The van der Waals surface area contributed by atoms with E-state index in [1.807, 2.05) is 31.1 Å². The molecule has 3 aromatic rings. The predicted molar refractivity (Wildman–Crippen MR) is 145 cm³/mol. The summed E-state index contributed by atoms with van der Waals surface area (Å²) in [5.74, 6) is -0.767. The number of ether oxygens (including phenoxy) is 1. The fourth-order valence-electron chi connectivity index (χ4n) is 3.77. The molecule has 0 spiro atoms. The van der Waals surface area contributed by atoms with E-state index in [0.717, 1.165) is 17.4 Å². The number of nitrogens with one attached hydrogen (secondary N) is 4. The molecule has 4 rings (SSSR count). The number of anilines is 2. The first-order valence-corrected chi connectivity index (χ1v) is 12.3. The van der Waals surface area contributed by atoms with Crippen LogP contribution in [0.2, 0.25) is 0 Å². The van der Waals surface area contributed by atoms with Gasteiger partial charge in [0.25, 0.3) is 5.56 Å². The Hall–Kier alpha value is -4.52. The summed E-state index contributed by atoms with van der Waals surface area (Å²) < 4.78 is 5.10. The number of nitrogens with zero attached hydrogens (tertiary/aromatic N) is 2. The summed E-state index contributed by atoms with van der Waals surface area (Å²) in [5, 5.41) is 15.2. The monoisotopic (exact) mass is 538 g/mol. The highest BCUT2D eigenvalue weighted by molar-refractivity contribution is 8.15. The van der Waals surface area contributed by atoms with Crippen LogP contribution in [0.25, 0.3) is 0 Å². The van der Waals surface area contributed by atoms with E-state index < -0.39 is 34.3 Å². The van der Waals surface area contributed by atoms with Crippen molar-refractivity contribution in [2.75, 3.05) is 31.4 Å². The number of carbonyl (C=O) groups is 2. The third kappa shape index (κ3) is 6.06. The molecule has 2 atom stereocenters. The molecule has 0 saturated carbocycles. The van der Waals surface area contributed by atoms with E-state index >= 15 is 0 Å². The Morgan fingerprint density at radius 2 is 1.79 bits per heavy atom. The van der Waals surface area contributed by atoms with Crippen molar-refractivity contribution >= 4 is 40.1 Å². The molecule has 2 heterocycles. The molecule has 1 aliphatic heterocycles. The lowest BCUT2D eigenvalue weighted by Gasteiger charge is -2.17. The van der Waals surface area contributed by atoms with Crippen LogP contribution >= 0.6 is 11.8 Å². The lowest BCUT2D eigenvalue weighted by Crippen LogP contribution is -2.29. The van der Waals surface area contributed by atoms with E-state index in [9.17, 15) is 24.3 Å². The summed E-state index contributed by atoms with van der Waals surface area (Å²) in [7, 11) is 5.29. The van der Waals surface area contributed by atoms with Crippen molar-refractivity contribution in [1.29, 1.82) is 0 Å². The quantitative estimate of drug-likeness (QED) is 0.288. The van der Waals surface area contributed by atoms with Crippen molar-refractivity contribution in [3.63, 3.8) is 0 Å². The lowest BCUT2D eigenvalue weighted by molar-refractivity contribution is -0.122. The number of rotatable bonds is 8. The minimum Gasteiger partial charge on any atom is -0.497 e. The minimum absolute atomic E-state index is 0.117. The van der Waals surface area contributed by atoms with Gasteiger partial charge in [0, 0.05) is 31.9 Å². The first-order valence-electron chi connectivity index (χ1n) is 11.5. The summed E-state index contributed by atoms with van der Waals surface area (Å²) in [5.41, 5.74) is 0.115. The normalized spacial score (nSPS) is 16.7. The smallest absolute Gasteiger partial charge is 0.328 e. The topological polar surface area (TPSA) is 169 Å². The Bertz CT molecular complexity index is 1480. The van der Waals surface area contributed by atoms with E-state index in [-0.39, 0.29) is 23.1 Å². The van der Waals surface area contributed by atoms with Gasteiger partial charge in [0.05, 0.1) is 7.11 Å². The van der Waals surface area contributed by atoms with E-state index in [0.29, 0.717) is 17.0 Å². The van der Waals surface area contributed by atoms with Crippen molar-refractivity contribution in [1.82, 2.24) is 15.3 Å². The van der Waals surface area contributed by atoms with Crippen LogP contribution in [0, 0.1) is 0 Å². The number of carbonyl (C=O) groups excluding carboxylic acids is 2. The van der Waals surface area contributed by atoms with Gasteiger partial charge >= 0.3 is 5.69 Å². The molecule has 12 nitrogen and oxygen atoms in total. The average Bonchev–Trinajstić information content (AvgIpc) is 3.21. The number of methoxy groups -OCH3 is 1. The number of amides is 2. The molecule has 1 aliphatic rings. The molecule has 1 fully saturated rings. The van der Waals surface area contributed by atoms with Crippen molar-refractivity contribution < 1.29 is 19.4 Å². The molecule has 38 heavy (non-hydrogen) atoms. The van der Waals surface area contributed by atoms with E-state index in [4.69, 9.17) is 4.74 Å². The van der Waals surface area contributed by atoms with Crippen LogP contribution < -0.4 is 31.5 Å². The molecule has 2 aromatic carbocycles. The Morgan fingerprint density at radius 3 is 2.39 bits per heavy atom. The molecule has 1 aromatic heterocycles. The van der Waals surface area contributed by atoms with Gasteiger partial charge in [-0.05, 0) is 42.0 Å². The molecule has 2 unspecified atom stereocenters. The van der Waals surface area contributed by atoms with Gasteiger partial charge in [0.1, 0.15) is 22.6 Å². The minimum atomic E-state index is -1.05. The predicted octanol–water partition coefficient (Wildman–Crippen LogP) is 1.55. The third-order valence-corrected chi connectivity index (χ3v) is 6.82. The zero-order valence-electron chi connectivity index (χ0n) is 20.8. The number of hydrogen-bond donors (Lipinski definition) is 5. The van der Waals surface area contributed by atoms with Gasteiger partial charge in [0.2, 0.25) is 17.7 Å². The zero-order chi connectivity index (χ0) is 27.4. The molecule has 0 radical (unpaired) electrons. The SMILES string of the molecule is COc1ccc(NC(=O)CC2SC(=NC(c3ccc(N(C)C)cc3)c3c(O)[nH]c(=O)[nH]c3=O)NC2=O)cc1. The van der Waals surface area contributed by atoms with Crippen LogP contribution in [0.3, 0.4) is 0 Å². The van der Waals surface area contributed by atoms with Gasteiger partial charge in [-0.2, -0.15) is 0 Å². The van der Waals surface area contributed by atoms with Crippen LogP contribution in [0.4, 0.5) is 11.4 Å². The maximum atomic E-state index is 12.6. The maximum absolute atomic E-state index is 12.6. The van der Waals surface area contributed by atoms with Gasteiger partial charge in [-0.3, -0.25) is 24.4 Å². The Balaban J connectivity index is 1.58. The Kier molecular flexibility index (Phi) is 7.86. The first kappa shape index (κ1) is 26.5. The molecule has 1 saturated heterocycles. The number of benzene rings is 2. The Morgan fingerprint density at radius 1 is 1.11 bits per heavy atom. The van der Waals surface area contributed by atoms with Gasteiger partial charge in [-0.25, -0.2) is 9.79 Å². The number of aromatic hydroxyl groups is 1. The lowest BCUT2D eigenvalue weighted by atomic mass is 10.0. The van der Waals surface area contributed by atoms with Gasteiger partial charge in [-0.1, -0.05) is 23.9 Å². The molecular formula is C25H26N6O6S. The largest absolute Gasteiger partial charge is 0.497 e. The second-order valence-corrected chi connectivity index (χ2v) is 9.76. The van der Waals surface area contributed by atoms with Crippen LogP contribution in [0.1, 0.15) is 23.6 Å². The highest BCUT2D eigenvalue weighted by Gasteiger charge is 2.34. The van der Waals surface area contributed by atoms with Crippen LogP contribution in [-0.4, -0.2) is 58.5 Å². The number of aromatic amines is 2. The van der Waals surface area contributed by atoms with E-state index in [2.05, 4.69) is 25.6 Å². The van der Waals surface area contributed by atoms with E-state index in [1.165, 1.54) is 0 Å². The number of thioether (sulfide) groups is 1. The summed E-state index contributed by atoms with van der Waals surface area (Å²) >= 11 is 1.04. The second-order valence-electron chi connectivity index (χ2n) is 8.57. The van der Waals surface area contributed by atoms with Gasteiger partial charge < -0.3 is 25.4 Å². The fraction of sp³-hybridized carbons (Fsp3) is 0.240. The average molecular weight is 539 g/mol. The number of H-pyrrole nitrogens is 2. The molecular weight excluding hydrogens is 512 g/mol. The molecule has 5 N–H and O–H groups in total. The number of hydrogen-bond acceptors (Lipinski definition) is 9. The summed E-state index contributed by atoms with van der Waals surface area (Å²) in [6, 6.07) is 12.8. The third-order valence-electron chi connectivity index (χ3n) is 5.72. The molecule has 2 amide bonds. The number of aliphatic imine (C=N–C) groups is 1. The van der Waals surface area contributed by atoms with Gasteiger partial charge in [0.15, 0.2) is 5.17 Å². The van der Waals surface area contributed by atoms with Crippen molar-refractivity contribution in [2.45, 2.75) is 17.7 Å². The number of aromatic nitrogens is 2. The summed E-state index contributed by atoms with van der Waals surface area (Å²) in [4.78, 5) is 60.2.